The minimum atomic E-state index is 0.0776. The van der Waals surface area contributed by atoms with Gasteiger partial charge >= 0.3 is 0 Å². The van der Waals surface area contributed by atoms with E-state index < -0.39 is 0 Å². The van der Waals surface area contributed by atoms with Gasteiger partial charge in [0.15, 0.2) is 0 Å². The Bertz CT molecular complexity index is 382. The van der Waals surface area contributed by atoms with Gasteiger partial charge in [0.1, 0.15) is 0 Å². The standard InChI is InChI=1S/C13H17Cl2N/c1-9(2)13(6-3-7-16-13)10-4-5-11(14)12(15)8-10/h4-5,8-9,16H,3,6-7H2,1-2H3. The summed E-state index contributed by atoms with van der Waals surface area (Å²) < 4.78 is 0. The summed E-state index contributed by atoms with van der Waals surface area (Å²) >= 11 is 12.1. The van der Waals surface area contributed by atoms with E-state index in [-0.39, 0.29) is 5.54 Å². The quantitative estimate of drug-likeness (QED) is 0.837. The van der Waals surface area contributed by atoms with Gasteiger partial charge in [0, 0.05) is 5.54 Å². The van der Waals surface area contributed by atoms with Crippen LogP contribution in [0, 0.1) is 5.92 Å². The van der Waals surface area contributed by atoms with Gasteiger partial charge in [-0.15, -0.1) is 0 Å². The smallest absolute Gasteiger partial charge is 0.0595 e. The first kappa shape index (κ1) is 12.2. The van der Waals surface area contributed by atoms with Gasteiger partial charge in [0.2, 0.25) is 0 Å². The van der Waals surface area contributed by atoms with E-state index in [0.717, 1.165) is 6.54 Å². The number of benzene rings is 1. The van der Waals surface area contributed by atoms with Crippen LogP contribution in [0.1, 0.15) is 32.3 Å². The highest BCUT2D eigenvalue weighted by molar-refractivity contribution is 6.42. The van der Waals surface area contributed by atoms with Gasteiger partial charge in [-0.1, -0.05) is 43.1 Å². The normalized spacial score (nSPS) is 25.3. The molecular formula is C13H17Cl2N. The number of hydrogen-bond acceptors (Lipinski definition) is 1. The van der Waals surface area contributed by atoms with Crippen molar-refractivity contribution in [1.82, 2.24) is 5.32 Å². The largest absolute Gasteiger partial charge is 0.307 e. The molecule has 16 heavy (non-hydrogen) atoms. The maximum atomic E-state index is 6.10. The van der Waals surface area contributed by atoms with Crippen LogP contribution >= 0.6 is 23.2 Å². The van der Waals surface area contributed by atoms with E-state index in [1.54, 1.807) is 0 Å². The van der Waals surface area contributed by atoms with Crippen LogP contribution in [0.2, 0.25) is 10.0 Å². The van der Waals surface area contributed by atoms with Gasteiger partial charge < -0.3 is 5.32 Å². The lowest BCUT2D eigenvalue weighted by molar-refractivity contribution is 0.277. The van der Waals surface area contributed by atoms with E-state index >= 15 is 0 Å². The van der Waals surface area contributed by atoms with E-state index in [9.17, 15) is 0 Å². The maximum Gasteiger partial charge on any atom is 0.0595 e. The molecule has 1 unspecified atom stereocenters. The zero-order chi connectivity index (χ0) is 11.8. The Kier molecular flexibility index (Phi) is 3.48. The summed E-state index contributed by atoms with van der Waals surface area (Å²) in [5.74, 6) is 0.548. The first-order chi connectivity index (χ1) is 7.56. The number of rotatable bonds is 2. The van der Waals surface area contributed by atoms with Crippen molar-refractivity contribution < 1.29 is 0 Å². The van der Waals surface area contributed by atoms with Crippen molar-refractivity contribution in [1.29, 1.82) is 0 Å². The van der Waals surface area contributed by atoms with Crippen LogP contribution in [0.3, 0.4) is 0 Å². The van der Waals surface area contributed by atoms with E-state index in [1.807, 2.05) is 12.1 Å². The Balaban J connectivity index is 2.43. The second-order valence-corrected chi connectivity index (χ2v) is 5.60. The van der Waals surface area contributed by atoms with Crippen molar-refractivity contribution in [3.8, 4) is 0 Å². The molecule has 1 heterocycles. The molecule has 1 fully saturated rings. The molecule has 0 aliphatic carbocycles. The lowest BCUT2D eigenvalue weighted by Crippen LogP contribution is -2.41. The molecule has 3 heteroatoms. The van der Waals surface area contributed by atoms with E-state index in [0.29, 0.717) is 16.0 Å². The fraction of sp³-hybridized carbons (Fsp3) is 0.538. The Labute approximate surface area is 107 Å². The molecule has 0 saturated carbocycles. The molecule has 1 saturated heterocycles. The van der Waals surface area contributed by atoms with Crippen molar-refractivity contribution >= 4 is 23.2 Å². The Morgan fingerprint density at radius 1 is 1.25 bits per heavy atom. The summed E-state index contributed by atoms with van der Waals surface area (Å²) in [6, 6.07) is 5.98. The third kappa shape index (κ3) is 1.97. The fourth-order valence-corrected chi connectivity index (χ4v) is 2.91. The van der Waals surface area contributed by atoms with Crippen LogP contribution in [-0.4, -0.2) is 6.54 Å². The molecule has 1 aliphatic rings. The average molecular weight is 258 g/mol. The van der Waals surface area contributed by atoms with Crippen LogP contribution in [0.25, 0.3) is 0 Å². The van der Waals surface area contributed by atoms with Gasteiger partial charge in [-0.3, -0.25) is 0 Å². The zero-order valence-electron chi connectivity index (χ0n) is 9.69. The Morgan fingerprint density at radius 3 is 2.50 bits per heavy atom. The summed E-state index contributed by atoms with van der Waals surface area (Å²) in [6.45, 7) is 5.58. The van der Waals surface area contributed by atoms with E-state index in [2.05, 4.69) is 25.2 Å². The van der Waals surface area contributed by atoms with Crippen molar-refractivity contribution in [3.05, 3.63) is 33.8 Å². The molecule has 1 aliphatic heterocycles. The van der Waals surface area contributed by atoms with Crippen LogP contribution in [0.15, 0.2) is 18.2 Å². The molecule has 0 amide bonds. The third-order valence-electron chi connectivity index (χ3n) is 3.61. The first-order valence-corrected chi connectivity index (χ1v) is 6.52. The van der Waals surface area contributed by atoms with Crippen molar-refractivity contribution in [2.75, 3.05) is 6.54 Å². The molecule has 0 spiro atoms. The summed E-state index contributed by atoms with van der Waals surface area (Å²) in [6.07, 6.45) is 2.39. The van der Waals surface area contributed by atoms with Crippen molar-refractivity contribution in [2.24, 2.45) is 5.92 Å². The molecule has 1 atom stereocenters. The predicted molar refractivity (Wildman–Crippen MR) is 70.2 cm³/mol. The molecule has 0 radical (unpaired) electrons. The molecule has 0 aromatic heterocycles. The summed E-state index contributed by atoms with van der Waals surface area (Å²) in [4.78, 5) is 0. The third-order valence-corrected chi connectivity index (χ3v) is 4.35. The Hall–Kier alpha value is -0.240. The minimum absolute atomic E-state index is 0.0776. The summed E-state index contributed by atoms with van der Waals surface area (Å²) in [7, 11) is 0. The molecule has 88 valence electrons. The topological polar surface area (TPSA) is 12.0 Å². The van der Waals surface area contributed by atoms with Crippen LogP contribution < -0.4 is 5.32 Å². The number of halogens is 2. The van der Waals surface area contributed by atoms with Gasteiger partial charge in [0.25, 0.3) is 0 Å². The highest BCUT2D eigenvalue weighted by atomic mass is 35.5. The molecule has 1 nitrogen and oxygen atoms in total. The molecular weight excluding hydrogens is 241 g/mol. The highest BCUT2D eigenvalue weighted by Crippen LogP contribution is 2.39. The fourth-order valence-electron chi connectivity index (χ4n) is 2.61. The maximum absolute atomic E-state index is 6.10. The second kappa shape index (κ2) is 4.56. The van der Waals surface area contributed by atoms with Gasteiger partial charge in [-0.2, -0.15) is 0 Å². The Morgan fingerprint density at radius 2 is 2.00 bits per heavy atom. The van der Waals surface area contributed by atoms with E-state index in [1.165, 1.54) is 18.4 Å². The van der Waals surface area contributed by atoms with Gasteiger partial charge in [-0.25, -0.2) is 0 Å². The predicted octanol–water partition coefficient (Wildman–Crippen LogP) is 4.23. The molecule has 0 bridgehead atoms. The van der Waals surface area contributed by atoms with Gasteiger partial charge in [-0.05, 0) is 43.0 Å². The molecule has 2 rings (SSSR count). The molecule has 1 N–H and O–H groups in total. The van der Waals surface area contributed by atoms with E-state index in [4.69, 9.17) is 23.2 Å². The lowest BCUT2D eigenvalue weighted by Gasteiger charge is -2.34. The highest BCUT2D eigenvalue weighted by Gasteiger charge is 2.38. The zero-order valence-corrected chi connectivity index (χ0v) is 11.2. The first-order valence-electron chi connectivity index (χ1n) is 5.77. The van der Waals surface area contributed by atoms with Crippen LogP contribution in [0.5, 0.6) is 0 Å². The van der Waals surface area contributed by atoms with Gasteiger partial charge in [0.05, 0.1) is 10.0 Å². The van der Waals surface area contributed by atoms with Crippen molar-refractivity contribution in [3.63, 3.8) is 0 Å². The lowest BCUT2D eigenvalue weighted by atomic mass is 9.79. The average Bonchev–Trinajstić information content (AvgIpc) is 2.72. The number of hydrogen-bond donors (Lipinski definition) is 1. The monoisotopic (exact) mass is 257 g/mol. The SMILES string of the molecule is CC(C)C1(c2ccc(Cl)c(Cl)c2)CCCN1. The molecule has 1 aromatic carbocycles. The van der Waals surface area contributed by atoms with Crippen LogP contribution in [0.4, 0.5) is 0 Å². The van der Waals surface area contributed by atoms with Crippen molar-refractivity contribution in [2.45, 2.75) is 32.2 Å². The summed E-state index contributed by atoms with van der Waals surface area (Å²) in [5, 5.41) is 4.90. The molecule has 1 aromatic rings. The summed E-state index contributed by atoms with van der Waals surface area (Å²) in [5.41, 5.74) is 1.34. The second-order valence-electron chi connectivity index (χ2n) is 4.79. The number of nitrogens with one attached hydrogen (secondary N) is 1. The minimum Gasteiger partial charge on any atom is -0.307 e. The van der Waals surface area contributed by atoms with Crippen LogP contribution in [-0.2, 0) is 5.54 Å².